The van der Waals surface area contributed by atoms with E-state index in [0.29, 0.717) is 0 Å². The maximum Gasteiger partial charge on any atom is 0.414 e. The molecule has 0 bridgehead atoms. The van der Waals surface area contributed by atoms with Crippen LogP contribution in [0.4, 0.5) is 4.79 Å². The van der Waals surface area contributed by atoms with Crippen molar-refractivity contribution in [1.82, 2.24) is 5.32 Å². The summed E-state index contributed by atoms with van der Waals surface area (Å²) >= 11 is 0. The van der Waals surface area contributed by atoms with Crippen molar-refractivity contribution >= 4 is 12.0 Å². The lowest BCUT2D eigenvalue weighted by Gasteiger charge is -2.08. The first-order chi connectivity index (χ1) is 5.61. The predicted octanol–water partition coefficient (Wildman–Crippen LogP) is 1.30. The van der Waals surface area contributed by atoms with Crippen LogP contribution < -0.4 is 5.32 Å². The molecule has 2 amide bonds. The Balaban J connectivity index is 0.000000561. The second-order valence-electron chi connectivity index (χ2n) is 2.56. The van der Waals surface area contributed by atoms with Gasteiger partial charge in [-0.1, -0.05) is 27.7 Å². The molecule has 0 aliphatic carbocycles. The van der Waals surface area contributed by atoms with Gasteiger partial charge in [-0.25, -0.2) is 4.79 Å². The maximum absolute atomic E-state index is 10.8. The summed E-state index contributed by atoms with van der Waals surface area (Å²) in [5.74, 6) is -0.286. The molecule has 1 aliphatic rings. The molecular formula is C8H15NO3. The summed E-state index contributed by atoms with van der Waals surface area (Å²) in [5, 5.41) is 2.05. The van der Waals surface area contributed by atoms with Crippen LogP contribution in [-0.2, 0) is 9.53 Å². The first kappa shape index (κ1) is 10.9. The predicted molar refractivity (Wildman–Crippen MR) is 44.6 cm³/mol. The van der Waals surface area contributed by atoms with E-state index in [1.807, 2.05) is 33.0 Å². The van der Waals surface area contributed by atoms with Crippen LogP contribution in [0.1, 0.15) is 27.7 Å². The Labute approximate surface area is 72.3 Å². The first-order valence-corrected chi connectivity index (χ1v) is 4.12. The van der Waals surface area contributed by atoms with Gasteiger partial charge >= 0.3 is 6.09 Å². The van der Waals surface area contributed by atoms with Crippen molar-refractivity contribution in [3.05, 3.63) is 0 Å². The molecule has 1 heterocycles. The monoisotopic (exact) mass is 173 g/mol. The highest BCUT2D eigenvalue weighted by molar-refractivity contribution is 6.00. The van der Waals surface area contributed by atoms with Gasteiger partial charge in [0, 0.05) is 0 Å². The number of carbonyl (C=O) groups is 2. The fourth-order valence-electron chi connectivity index (χ4n) is 0.809. The van der Waals surface area contributed by atoms with Crippen LogP contribution in [0.15, 0.2) is 0 Å². The van der Waals surface area contributed by atoms with Gasteiger partial charge in [0.25, 0.3) is 5.91 Å². The van der Waals surface area contributed by atoms with Gasteiger partial charge in [-0.3, -0.25) is 10.1 Å². The van der Waals surface area contributed by atoms with Crippen molar-refractivity contribution in [2.24, 2.45) is 5.92 Å². The molecule has 1 saturated heterocycles. The molecule has 1 N–H and O–H groups in total. The van der Waals surface area contributed by atoms with E-state index < -0.39 is 12.2 Å². The summed E-state index contributed by atoms with van der Waals surface area (Å²) < 4.78 is 4.64. The van der Waals surface area contributed by atoms with Crippen molar-refractivity contribution in [3.8, 4) is 0 Å². The third-order valence-corrected chi connectivity index (χ3v) is 1.32. The molecule has 70 valence electrons. The molecule has 4 heteroatoms. The third kappa shape index (κ3) is 2.53. The van der Waals surface area contributed by atoms with Crippen LogP contribution in [-0.4, -0.2) is 18.1 Å². The summed E-state index contributed by atoms with van der Waals surface area (Å²) in [6.07, 6.45) is -1.23. The Hall–Kier alpha value is -1.06. The number of cyclic esters (lactones) is 1. The van der Waals surface area contributed by atoms with Crippen LogP contribution in [0.25, 0.3) is 0 Å². The molecule has 1 aliphatic heterocycles. The van der Waals surface area contributed by atoms with Gasteiger partial charge < -0.3 is 4.74 Å². The van der Waals surface area contributed by atoms with Crippen molar-refractivity contribution in [2.45, 2.75) is 33.8 Å². The molecule has 0 saturated carbocycles. The molecule has 1 unspecified atom stereocenters. The number of hydrogen-bond donors (Lipinski definition) is 1. The lowest BCUT2D eigenvalue weighted by atomic mass is 10.1. The van der Waals surface area contributed by atoms with Crippen LogP contribution in [0.2, 0.25) is 0 Å². The Bertz CT molecular complexity index is 177. The first-order valence-electron chi connectivity index (χ1n) is 4.12. The molecule has 0 spiro atoms. The molecule has 0 aromatic rings. The Morgan fingerprint density at radius 2 is 1.83 bits per heavy atom. The van der Waals surface area contributed by atoms with Crippen LogP contribution in [0.5, 0.6) is 0 Å². The Kier molecular flexibility index (Phi) is 4.33. The van der Waals surface area contributed by atoms with Gasteiger partial charge in [0.2, 0.25) is 0 Å². The molecule has 1 fully saturated rings. The average Bonchev–Trinajstić information content (AvgIpc) is 2.34. The second-order valence-corrected chi connectivity index (χ2v) is 2.56. The standard InChI is InChI=1S/C6H9NO3.C2H6/c1-3(2)4-5(8)7-6(9)10-4;1-2/h3-4H,1-2H3,(H,7,8,9);1-2H3. The van der Waals surface area contributed by atoms with E-state index in [4.69, 9.17) is 0 Å². The molecule has 0 aromatic heterocycles. The lowest BCUT2D eigenvalue weighted by molar-refractivity contribution is -0.124. The molecule has 12 heavy (non-hydrogen) atoms. The van der Waals surface area contributed by atoms with Gasteiger partial charge in [-0.05, 0) is 5.92 Å². The van der Waals surface area contributed by atoms with E-state index in [2.05, 4.69) is 4.74 Å². The van der Waals surface area contributed by atoms with Crippen molar-refractivity contribution < 1.29 is 14.3 Å². The smallest absolute Gasteiger partial charge is 0.414 e. The molecule has 4 nitrogen and oxygen atoms in total. The highest BCUT2D eigenvalue weighted by Crippen LogP contribution is 2.11. The van der Waals surface area contributed by atoms with Gasteiger partial charge in [-0.15, -0.1) is 0 Å². The van der Waals surface area contributed by atoms with E-state index in [0.717, 1.165) is 0 Å². The fraction of sp³-hybridized carbons (Fsp3) is 0.750. The van der Waals surface area contributed by atoms with Crippen LogP contribution in [0.3, 0.4) is 0 Å². The number of ether oxygens (including phenoxy) is 1. The summed E-state index contributed by atoms with van der Waals surface area (Å²) in [7, 11) is 0. The zero-order valence-corrected chi connectivity index (χ0v) is 7.88. The zero-order valence-electron chi connectivity index (χ0n) is 7.88. The van der Waals surface area contributed by atoms with Crippen molar-refractivity contribution in [2.75, 3.05) is 0 Å². The summed E-state index contributed by atoms with van der Waals surface area (Å²) in [6, 6.07) is 0. The minimum absolute atomic E-state index is 0.0476. The van der Waals surface area contributed by atoms with Crippen molar-refractivity contribution in [3.63, 3.8) is 0 Å². The van der Waals surface area contributed by atoms with E-state index in [1.165, 1.54) is 0 Å². The maximum atomic E-state index is 10.8. The quantitative estimate of drug-likeness (QED) is 0.650. The second kappa shape index (κ2) is 4.74. The van der Waals surface area contributed by atoms with Gasteiger partial charge in [0.05, 0.1) is 0 Å². The number of nitrogens with one attached hydrogen (secondary N) is 1. The highest BCUT2D eigenvalue weighted by Gasteiger charge is 2.34. The number of carbonyl (C=O) groups excluding carboxylic acids is 2. The SMILES string of the molecule is CC.CC(C)C1OC(=O)NC1=O. The number of hydrogen-bond acceptors (Lipinski definition) is 3. The molecule has 0 radical (unpaired) electrons. The number of alkyl carbamates (subject to hydrolysis) is 1. The van der Waals surface area contributed by atoms with Crippen LogP contribution in [0, 0.1) is 5.92 Å². The summed E-state index contributed by atoms with van der Waals surface area (Å²) in [6.45, 7) is 7.64. The van der Waals surface area contributed by atoms with E-state index in [-0.39, 0.29) is 11.8 Å². The highest BCUT2D eigenvalue weighted by atomic mass is 16.6. The summed E-state index contributed by atoms with van der Waals surface area (Å²) in [5.41, 5.74) is 0. The molecule has 0 aromatic carbocycles. The number of imide groups is 1. The Morgan fingerprint density at radius 3 is 2.00 bits per heavy atom. The van der Waals surface area contributed by atoms with Gasteiger partial charge in [0.15, 0.2) is 6.10 Å². The third-order valence-electron chi connectivity index (χ3n) is 1.32. The fourth-order valence-corrected chi connectivity index (χ4v) is 0.809. The Morgan fingerprint density at radius 1 is 1.33 bits per heavy atom. The van der Waals surface area contributed by atoms with E-state index >= 15 is 0 Å². The largest absolute Gasteiger partial charge is 0.436 e. The van der Waals surface area contributed by atoms with Gasteiger partial charge in [0.1, 0.15) is 0 Å². The lowest BCUT2D eigenvalue weighted by Crippen LogP contribution is -2.27. The van der Waals surface area contributed by atoms with Crippen LogP contribution >= 0.6 is 0 Å². The normalized spacial score (nSPS) is 21.2. The molecule has 1 atom stereocenters. The number of rotatable bonds is 1. The number of amides is 2. The molecule has 1 rings (SSSR count). The summed E-state index contributed by atoms with van der Waals surface area (Å²) in [4.78, 5) is 21.2. The van der Waals surface area contributed by atoms with Crippen molar-refractivity contribution in [1.29, 1.82) is 0 Å². The van der Waals surface area contributed by atoms with E-state index in [1.54, 1.807) is 0 Å². The zero-order chi connectivity index (χ0) is 9.72. The van der Waals surface area contributed by atoms with E-state index in [9.17, 15) is 9.59 Å². The average molecular weight is 173 g/mol. The molecular weight excluding hydrogens is 158 g/mol. The minimum Gasteiger partial charge on any atom is -0.436 e. The van der Waals surface area contributed by atoms with Gasteiger partial charge in [-0.2, -0.15) is 0 Å². The topological polar surface area (TPSA) is 55.4 Å². The minimum atomic E-state index is -0.635.